The van der Waals surface area contributed by atoms with Crippen LogP contribution < -0.4 is 15.1 Å². The largest absolute Gasteiger partial charge is 0.465 e. The van der Waals surface area contributed by atoms with Gasteiger partial charge in [0.15, 0.2) is 5.76 Å². The van der Waals surface area contributed by atoms with E-state index in [1.165, 1.54) is 18.3 Å². The first-order valence-corrected chi connectivity index (χ1v) is 13.3. The van der Waals surface area contributed by atoms with Crippen molar-refractivity contribution in [2.45, 2.75) is 37.8 Å². The van der Waals surface area contributed by atoms with Gasteiger partial charge in [-0.15, -0.1) is 0 Å². The average Bonchev–Trinajstić information content (AvgIpc) is 3.71. The number of methoxy groups -OCH3 is 1. The van der Waals surface area contributed by atoms with Crippen LogP contribution in [-0.4, -0.2) is 57.2 Å². The molecule has 2 aromatic carbocycles. The summed E-state index contributed by atoms with van der Waals surface area (Å²) < 4.78 is 15.8. The number of esters is 1. The fraction of sp³-hybridized carbons (Fsp3) is 0.367. The van der Waals surface area contributed by atoms with Gasteiger partial charge in [-0.2, -0.15) is 0 Å². The van der Waals surface area contributed by atoms with Crippen molar-refractivity contribution in [3.8, 4) is 0 Å². The maximum atomic E-state index is 14.0. The lowest BCUT2D eigenvalue weighted by Crippen LogP contribution is -2.46. The fourth-order valence-corrected chi connectivity index (χ4v) is 5.24. The Morgan fingerprint density at radius 1 is 0.974 bits per heavy atom. The van der Waals surface area contributed by atoms with Gasteiger partial charge in [0.1, 0.15) is 6.04 Å². The van der Waals surface area contributed by atoms with E-state index >= 15 is 0 Å². The van der Waals surface area contributed by atoms with Crippen molar-refractivity contribution in [3.05, 3.63) is 83.8 Å². The third-order valence-electron chi connectivity index (χ3n) is 7.31. The molecule has 0 bridgehead atoms. The summed E-state index contributed by atoms with van der Waals surface area (Å²) in [6.07, 6.45) is 5.38. The first-order valence-electron chi connectivity index (χ1n) is 13.3. The Labute approximate surface area is 227 Å². The molecule has 1 saturated heterocycles. The van der Waals surface area contributed by atoms with E-state index in [1.807, 2.05) is 24.3 Å². The normalized spacial score (nSPS) is 16.5. The van der Waals surface area contributed by atoms with Gasteiger partial charge in [0, 0.05) is 30.5 Å². The fourth-order valence-electron chi connectivity index (χ4n) is 5.24. The van der Waals surface area contributed by atoms with Crippen molar-refractivity contribution in [2.75, 3.05) is 43.2 Å². The van der Waals surface area contributed by atoms with Gasteiger partial charge in [0.2, 0.25) is 5.91 Å². The number of nitrogens with one attached hydrogen (secondary N) is 1. The maximum absolute atomic E-state index is 14.0. The van der Waals surface area contributed by atoms with E-state index in [0.29, 0.717) is 30.0 Å². The Balaban J connectivity index is 1.55. The van der Waals surface area contributed by atoms with Crippen molar-refractivity contribution in [1.29, 1.82) is 0 Å². The van der Waals surface area contributed by atoms with Gasteiger partial charge >= 0.3 is 5.97 Å². The van der Waals surface area contributed by atoms with Crippen LogP contribution in [0.1, 0.15) is 58.2 Å². The Kier molecular flexibility index (Phi) is 8.27. The molecule has 1 aromatic heterocycles. The molecule has 2 heterocycles. The van der Waals surface area contributed by atoms with Crippen LogP contribution in [0.5, 0.6) is 0 Å². The van der Waals surface area contributed by atoms with Crippen LogP contribution >= 0.6 is 0 Å². The molecular formula is C30H33N3O6. The number of hydrogen-bond acceptors (Lipinski definition) is 7. The Bertz CT molecular complexity index is 1260. The van der Waals surface area contributed by atoms with Gasteiger partial charge in [-0.1, -0.05) is 25.0 Å². The number of rotatable bonds is 8. The minimum absolute atomic E-state index is 0.0647. The first kappa shape index (κ1) is 26.5. The molecular weight excluding hydrogens is 498 g/mol. The number of carbonyl (C=O) groups excluding carboxylic acids is 3. The van der Waals surface area contributed by atoms with Gasteiger partial charge in [-0.05, 0) is 66.9 Å². The highest BCUT2D eigenvalue weighted by molar-refractivity contribution is 6.09. The molecule has 5 rings (SSSR count). The number of carbonyl (C=O) groups is 3. The molecule has 1 atom stereocenters. The van der Waals surface area contributed by atoms with Crippen LogP contribution in [0.2, 0.25) is 0 Å². The average molecular weight is 532 g/mol. The lowest BCUT2D eigenvalue weighted by atomic mass is 10.0. The number of nitrogens with zero attached hydrogens (tertiary/aromatic N) is 2. The Hall–Kier alpha value is -4.11. The summed E-state index contributed by atoms with van der Waals surface area (Å²) in [7, 11) is 1.31. The molecule has 1 aliphatic carbocycles. The molecule has 1 N–H and O–H groups in total. The number of morpholine rings is 1. The summed E-state index contributed by atoms with van der Waals surface area (Å²) in [6.45, 7) is 2.92. The molecule has 204 valence electrons. The lowest BCUT2D eigenvalue weighted by Gasteiger charge is -2.33. The zero-order chi connectivity index (χ0) is 27.2. The minimum Gasteiger partial charge on any atom is -0.465 e. The minimum atomic E-state index is -0.967. The van der Waals surface area contributed by atoms with E-state index < -0.39 is 17.9 Å². The summed E-state index contributed by atoms with van der Waals surface area (Å²) in [6, 6.07) is 16.5. The molecule has 9 heteroatoms. The standard InChI is InChI=1S/C30H33N3O6/c1-37-30(36)22-10-14-25(15-11-22)33(29(35)26-7-4-18-39-26)27(28(34)31-23-5-2-3-6-23)21-8-12-24(13-9-21)32-16-19-38-20-17-32/h4,7-15,18,23,27H,2-3,5-6,16-17,19-20H2,1H3,(H,31,34)/t27-/m0/s1. The van der Waals surface area contributed by atoms with Crippen molar-refractivity contribution >= 4 is 29.2 Å². The molecule has 2 aliphatic rings. The molecule has 0 radical (unpaired) electrons. The quantitative estimate of drug-likeness (QED) is 0.431. The van der Waals surface area contributed by atoms with Gasteiger partial charge in [-0.3, -0.25) is 14.5 Å². The Morgan fingerprint density at radius 3 is 2.28 bits per heavy atom. The van der Waals surface area contributed by atoms with E-state index in [4.69, 9.17) is 13.9 Å². The second-order valence-electron chi connectivity index (χ2n) is 9.77. The third kappa shape index (κ3) is 5.98. The first-order chi connectivity index (χ1) is 19.0. The number of amides is 2. The van der Waals surface area contributed by atoms with E-state index in [-0.39, 0.29) is 17.7 Å². The molecule has 2 fully saturated rings. The van der Waals surface area contributed by atoms with Gasteiger partial charge in [-0.25, -0.2) is 4.79 Å². The van der Waals surface area contributed by atoms with Crippen molar-refractivity contribution < 1.29 is 28.3 Å². The van der Waals surface area contributed by atoms with E-state index in [9.17, 15) is 14.4 Å². The molecule has 3 aromatic rings. The van der Waals surface area contributed by atoms with Gasteiger partial charge in [0.05, 0.1) is 32.2 Å². The topological polar surface area (TPSA) is 101 Å². The number of furan rings is 1. The third-order valence-corrected chi connectivity index (χ3v) is 7.31. The highest BCUT2D eigenvalue weighted by Gasteiger charge is 2.36. The zero-order valence-corrected chi connectivity index (χ0v) is 22.0. The molecule has 1 saturated carbocycles. The van der Waals surface area contributed by atoms with Gasteiger partial charge < -0.3 is 24.1 Å². The highest BCUT2D eigenvalue weighted by atomic mass is 16.5. The second-order valence-corrected chi connectivity index (χ2v) is 9.77. The predicted molar refractivity (Wildman–Crippen MR) is 146 cm³/mol. The lowest BCUT2D eigenvalue weighted by molar-refractivity contribution is -0.123. The molecule has 0 unspecified atom stereocenters. The van der Waals surface area contributed by atoms with Crippen LogP contribution in [0, 0.1) is 0 Å². The molecule has 0 spiro atoms. The summed E-state index contributed by atoms with van der Waals surface area (Å²) in [5, 5.41) is 3.18. The van der Waals surface area contributed by atoms with Crippen LogP contribution in [0.4, 0.5) is 11.4 Å². The Morgan fingerprint density at radius 2 is 1.67 bits per heavy atom. The number of benzene rings is 2. The zero-order valence-electron chi connectivity index (χ0n) is 22.0. The molecule has 2 amide bonds. The number of anilines is 2. The number of ether oxygens (including phenoxy) is 2. The molecule has 1 aliphatic heterocycles. The summed E-state index contributed by atoms with van der Waals surface area (Å²) in [5.41, 5.74) is 2.49. The van der Waals surface area contributed by atoms with E-state index in [2.05, 4.69) is 10.2 Å². The monoisotopic (exact) mass is 531 g/mol. The van der Waals surface area contributed by atoms with Gasteiger partial charge in [0.25, 0.3) is 5.91 Å². The van der Waals surface area contributed by atoms with Crippen LogP contribution in [0.15, 0.2) is 71.3 Å². The SMILES string of the molecule is COC(=O)c1ccc(N(C(=O)c2ccco2)[C@H](C(=O)NC2CCCC2)c2ccc(N3CCOCC3)cc2)cc1. The van der Waals surface area contributed by atoms with Crippen molar-refractivity contribution in [3.63, 3.8) is 0 Å². The van der Waals surface area contributed by atoms with E-state index in [1.54, 1.807) is 36.4 Å². The highest BCUT2D eigenvalue weighted by Crippen LogP contribution is 2.32. The van der Waals surface area contributed by atoms with Crippen molar-refractivity contribution in [1.82, 2.24) is 5.32 Å². The summed E-state index contributed by atoms with van der Waals surface area (Å²) >= 11 is 0. The number of hydrogen-bond donors (Lipinski definition) is 1. The molecule has 9 nitrogen and oxygen atoms in total. The predicted octanol–water partition coefficient (Wildman–Crippen LogP) is 4.35. The van der Waals surface area contributed by atoms with Crippen LogP contribution in [0.25, 0.3) is 0 Å². The molecule has 39 heavy (non-hydrogen) atoms. The summed E-state index contributed by atoms with van der Waals surface area (Å²) in [4.78, 5) is 43.6. The van der Waals surface area contributed by atoms with Crippen LogP contribution in [-0.2, 0) is 14.3 Å². The second kappa shape index (κ2) is 12.2. The summed E-state index contributed by atoms with van der Waals surface area (Å²) in [5.74, 6) is -1.11. The smallest absolute Gasteiger partial charge is 0.337 e. The van der Waals surface area contributed by atoms with Crippen molar-refractivity contribution in [2.24, 2.45) is 0 Å². The van der Waals surface area contributed by atoms with Crippen LogP contribution in [0.3, 0.4) is 0 Å². The maximum Gasteiger partial charge on any atom is 0.337 e. The van der Waals surface area contributed by atoms with E-state index in [0.717, 1.165) is 44.5 Å².